The van der Waals surface area contributed by atoms with Gasteiger partial charge in [-0.15, -0.1) is 0 Å². The van der Waals surface area contributed by atoms with Crippen molar-refractivity contribution in [1.29, 1.82) is 0 Å². The second-order valence-electron chi connectivity index (χ2n) is 4.64. The number of benzene rings is 2. The third-order valence-electron chi connectivity index (χ3n) is 3.41. The Morgan fingerprint density at radius 3 is 2.75 bits per heavy atom. The van der Waals surface area contributed by atoms with Crippen LogP contribution in [-0.4, -0.2) is 20.5 Å². The molecule has 1 aromatic heterocycles. The number of hydrogen-bond acceptors (Lipinski definition) is 4. The monoisotopic (exact) mass is 264 g/mol. The number of hydrogen-bond donors (Lipinski definition) is 2. The molecule has 1 aliphatic rings. The maximum absolute atomic E-state index is 10.1. The number of hydrazone groups is 1. The van der Waals surface area contributed by atoms with E-state index in [1.54, 1.807) is 12.1 Å². The molecule has 2 aromatic carbocycles. The van der Waals surface area contributed by atoms with Crippen LogP contribution >= 0.6 is 0 Å². The predicted octanol–water partition coefficient (Wildman–Crippen LogP) is 2.05. The van der Waals surface area contributed by atoms with E-state index < -0.39 is 0 Å². The van der Waals surface area contributed by atoms with Gasteiger partial charge in [-0.1, -0.05) is 24.3 Å². The number of rotatable bonds is 1. The van der Waals surface area contributed by atoms with Gasteiger partial charge in [0, 0.05) is 0 Å². The van der Waals surface area contributed by atoms with Crippen molar-refractivity contribution in [3.63, 3.8) is 0 Å². The summed E-state index contributed by atoms with van der Waals surface area (Å²) in [6.07, 6.45) is 0. The maximum atomic E-state index is 10.1. The smallest absolute Gasteiger partial charge is 0.169 e. The summed E-state index contributed by atoms with van der Waals surface area (Å²) in [6, 6.07) is 15.1. The number of aromatic hydroxyl groups is 1. The van der Waals surface area contributed by atoms with Crippen molar-refractivity contribution < 1.29 is 5.11 Å². The zero-order valence-corrected chi connectivity index (χ0v) is 10.6. The summed E-state index contributed by atoms with van der Waals surface area (Å²) < 4.78 is 1.99. The third-order valence-corrected chi connectivity index (χ3v) is 3.41. The fourth-order valence-electron chi connectivity index (χ4n) is 2.51. The van der Waals surface area contributed by atoms with E-state index in [2.05, 4.69) is 15.5 Å². The van der Waals surface area contributed by atoms with E-state index in [0.29, 0.717) is 17.9 Å². The normalized spacial score (nSPS) is 13.7. The van der Waals surface area contributed by atoms with Crippen LogP contribution in [0.15, 0.2) is 53.6 Å². The van der Waals surface area contributed by atoms with Gasteiger partial charge in [0.25, 0.3) is 0 Å². The average Bonchev–Trinajstić information content (AvgIpc) is 2.86. The van der Waals surface area contributed by atoms with Crippen LogP contribution < -0.4 is 5.43 Å². The van der Waals surface area contributed by atoms with Gasteiger partial charge in [-0.2, -0.15) is 5.10 Å². The lowest BCUT2D eigenvalue weighted by atomic mass is 10.1. The third kappa shape index (κ3) is 1.50. The van der Waals surface area contributed by atoms with Crippen molar-refractivity contribution in [3.05, 3.63) is 59.9 Å². The Bertz CT molecular complexity index is 835. The van der Waals surface area contributed by atoms with Crippen LogP contribution in [0.4, 0.5) is 0 Å². The minimum absolute atomic E-state index is 0.207. The molecule has 0 radical (unpaired) electrons. The van der Waals surface area contributed by atoms with E-state index in [0.717, 1.165) is 16.9 Å². The molecule has 1 aliphatic heterocycles. The number of phenols is 1. The van der Waals surface area contributed by atoms with Crippen LogP contribution in [0, 0.1) is 0 Å². The first kappa shape index (κ1) is 11.0. The summed E-state index contributed by atoms with van der Waals surface area (Å²) in [4.78, 5) is 4.60. The first-order chi connectivity index (χ1) is 9.84. The number of fused-ring (bicyclic) bond motifs is 3. The summed E-state index contributed by atoms with van der Waals surface area (Å²) >= 11 is 0. The first-order valence-corrected chi connectivity index (χ1v) is 6.40. The van der Waals surface area contributed by atoms with E-state index in [9.17, 15) is 5.11 Å². The van der Waals surface area contributed by atoms with Gasteiger partial charge >= 0.3 is 0 Å². The van der Waals surface area contributed by atoms with Gasteiger partial charge in [-0.3, -0.25) is 4.57 Å². The summed E-state index contributed by atoms with van der Waals surface area (Å²) in [7, 11) is 0. The number of para-hydroxylation sites is 3. The fraction of sp³-hybridized carbons (Fsp3) is 0.0667. The van der Waals surface area contributed by atoms with Crippen LogP contribution in [0.3, 0.4) is 0 Å². The average molecular weight is 264 g/mol. The van der Waals surface area contributed by atoms with Crippen molar-refractivity contribution in [1.82, 2.24) is 15.0 Å². The minimum atomic E-state index is 0.207. The van der Waals surface area contributed by atoms with Crippen molar-refractivity contribution in [2.45, 2.75) is 6.54 Å². The molecule has 98 valence electrons. The Hall–Kier alpha value is -2.82. The molecule has 2 N–H and O–H groups in total. The Balaban J connectivity index is 2.01. The Kier molecular flexibility index (Phi) is 2.26. The van der Waals surface area contributed by atoms with Crippen molar-refractivity contribution in [3.8, 4) is 5.75 Å². The molecular formula is C15H12N4O. The molecule has 0 spiro atoms. The zero-order valence-electron chi connectivity index (χ0n) is 10.6. The van der Waals surface area contributed by atoms with Gasteiger partial charge in [-0.25, -0.2) is 4.98 Å². The lowest BCUT2D eigenvalue weighted by Gasteiger charge is -2.17. The van der Waals surface area contributed by atoms with Crippen molar-refractivity contribution in [2.24, 2.45) is 5.10 Å². The van der Waals surface area contributed by atoms with Gasteiger partial charge < -0.3 is 10.5 Å². The molecular weight excluding hydrogens is 252 g/mol. The molecule has 3 aromatic rings. The van der Waals surface area contributed by atoms with Gasteiger partial charge in [0.1, 0.15) is 11.6 Å². The molecule has 2 heterocycles. The molecule has 0 saturated heterocycles. The number of nitrogens with one attached hydrogen (secondary N) is 1. The second-order valence-corrected chi connectivity index (χ2v) is 4.64. The fourth-order valence-corrected chi connectivity index (χ4v) is 2.51. The highest BCUT2D eigenvalue weighted by molar-refractivity contribution is 6.07. The van der Waals surface area contributed by atoms with E-state index in [1.165, 1.54) is 0 Å². The lowest BCUT2D eigenvalue weighted by molar-refractivity contribution is 0.473. The summed E-state index contributed by atoms with van der Waals surface area (Å²) in [5.74, 6) is 1.76. The van der Waals surface area contributed by atoms with Crippen LogP contribution in [-0.2, 0) is 6.54 Å². The van der Waals surface area contributed by atoms with Gasteiger partial charge in [0.05, 0.1) is 23.1 Å². The summed E-state index contributed by atoms with van der Waals surface area (Å²) in [5, 5.41) is 14.4. The number of imidazole rings is 1. The highest BCUT2D eigenvalue weighted by atomic mass is 16.3. The molecule has 20 heavy (non-hydrogen) atoms. The quantitative estimate of drug-likeness (QED) is 0.707. The summed E-state index contributed by atoms with van der Waals surface area (Å²) in [5.41, 5.74) is 5.57. The maximum Gasteiger partial charge on any atom is 0.169 e. The van der Waals surface area contributed by atoms with Crippen molar-refractivity contribution >= 4 is 16.9 Å². The lowest BCUT2D eigenvalue weighted by Crippen LogP contribution is -2.27. The number of aromatic nitrogens is 2. The number of nitrogens with zero attached hydrogens (tertiary/aromatic N) is 3. The molecule has 0 unspecified atom stereocenters. The standard InChI is InChI=1S/C15H12N4O/c20-13-8-4-1-5-10(13)15-18-16-9-14-17-11-6-2-3-7-12(11)19(14)15/h1-8,16,20H,9H2. The van der Waals surface area contributed by atoms with Crippen molar-refractivity contribution in [2.75, 3.05) is 0 Å². The molecule has 5 nitrogen and oxygen atoms in total. The van der Waals surface area contributed by atoms with E-state index >= 15 is 0 Å². The Morgan fingerprint density at radius 1 is 1.05 bits per heavy atom. The summed E-state index contributed by atoms with van der Waals surface area (Å²) in [6.45, 7) is 0.575. The van der Waals surface area contributed by atoms with E-state index in [-0.39, 0.29) is 5.75 Å². The Labute approximate surface area is 115 Å². The van der Waals surface area contributed by atoms with Crippen LogP contribution in [0.5, 0.6) is 5.75 Å². The molecule has 0 fully saturated rings. The molecule has 0 aliphatic carbocycles. The highest BCUT2D eigenvalue weighted by Gasteiger charge is 2.21. The SMILES string of the molecule is Oc1ccccc1C1=NNCc2nc3ccccc3n21. The molecule has 0 saturated carbocycles. The van der Waals surface area contributed by atoms with E-state index in [4.69, 9.17) is 0 Å². The molecule has 0 atom stereocenters. The zero-order chi connectivity index (χ0) is 13.5. The topological polar surface area (TPSA) is 62.4 Å². The number of phenolic OH excluding ortho intramolecular Hbond substituents is 1. The van der Waals surface area contributed by atoms with Crippen LogP contribution in [0.25, 0.3) is 11.0 Å². The minimum Gasteiger partial charge on any atom is -0.507 e. The van der Waals surface area contributed by atoms with E-state index in [1.807, 2.05) is 41.0 Å². The highest BCUT2D eigenvalue weighted by Crippen LogP contribution is 2.24. The van der Waals surface area contributed by atoms with Gasteiger partial charge in [0.2, 0.25) is 0 Å². The molecule has 0 bridgehead atoms. The molecule has 5 heteroatoms. The van der Waals surface area contributed by atoms with Gasteiger partial charge in [-0.05, 0) is 24.3 Å². The molecule has 0 amide bonds. The Morgan fingerprint density at radius 2 is 1.85 bits per heavy atom. The first-order valence-electron chi connectivity index (χ1n) is 6.40. The largest absolute Gasteiger partial charge is 0.507 e. The van der Waals surface area contributed by atoms with Crippen LogP contribution in [0.1, 0.15) is 11.4 Å². The predicted molar refractivity (Wildman–Crippen MR) is 76.6 cm³/mol. The van der Waals surface area contributed by atoms with Crippen LogP contribution in [0.2, 0.25) is 0 Å². The second kappa shape index (κ2) is 4.09. The molecule has 4 rings (SSSR count). The van der Waals surface area contributed by atoms with Gasteiger partial charge in [0.15, 0.2) is 5.84 Å².